The Kier molecular flexibility index (Phi) is 6.85. The number of hydrogen-bond acceptors (Lipinski definition) is 7. The number of nitrogens with zero attached hydrogens (tertiary/aromatic N) is 3. The van der Waals surface area contributed by atoms with E-state index in [1.165, 1.54) is 0 Å². The molecule has 1 aliphatic heterocycles. The highest BCUT2D eigenvalue weighted by molar-refractivity contribution is 5.95. The van der Waals surface area contributed by atoms with Gasteiger partial charge in [-0.2, -0.15) is 4.98 Å². The van der Waals surface area contributed by atoms with Crippen LogP contribution in [0.5, 0.6) is 11.5 Å². The van der Waals surface area contributed by atoms with E-state index in [4.69, 9.17) is 14.0 Å². The lowest BCUT2D eigenvalue weighted by Gasteiger charge is -2.32. The van der Waals surface area contributed by atoms with Gasteiger partial charge in [0.25, 0.3) is 5.91 Å². The number of ether oxygens (including phenoxy) is 2. The largest absolute Gasteiger partial charge is 0.497 e. The van der Waals surface area contributed by atoms with Crippen LogP contribution in [0.2, 0.25) is 0 Å². The van der Waals surface area contributed by atoms with Crippen LogP contribution in [0.25, 0.3) is 0 Å². The Hall–Kier alpha value is -3.10. The van der Waals surface area contributed by atoms with Crippen LogP contribution in [0.15, 0.2) is 22.7 Å². The van der Waals surface area contributed by atoms with Crippen LogP contribution < -0.4 is 14.8 Å². The molecule has 1 unspecified atom stereocenters. The first-order valence-electron chi connectivity index (χ1n) is 11.6. The van der Waals surface area contributed by atoms with Gasteiger partial charge in [-0.05, 0) is 43.7 Å². The van der Waals surface area contributed by atoms with Crippen LogP contribution >= 0.6 is 0 Å². The van der Waals surface area contributed by atoms with Gasteiger partial charge in [-0.1, -0.05) is 19.0 Å². The zero-order valence-electron chi connectivity index (χ0n) is 19.7. The third-order valence-corrected chi connectivity index (χ3v) is 6.38. The number of nitrogens with one attached hydrogen (secondary N) is 1. The summed E-state index contributed by atoms with van der Waals surface area (Å²) >= 11 is 0. The summed E-state index contributed by atoms with van der Waals surface area (Å²) in [6, 6.07) is 4.82. The standard InChI is InChI=1S/C24H32N4O5/c1-14(2)20(23-26-21(27-33-23)15-5-6-15)25-22(29)16-7-9-28(10-8-16)24(30)17-11-18(31-3)13-19(12-17)32-4/h11-16,20H,5-10H2,1-4H3,(H,25,29). The van der Waals surface area contributed by atoms with Gasteiger partial charge in [0.2, 0.25) is 11.8 Å². The number of hydrogen-bond donors (Lipinski definition) is 1. The van der Waals surface area contributed by atoms with E-state index in [0.717, 1.165) is 18.7 Å². The maximum Gasteiger partial charge on any atom is 0.254 e. The average Bonchev–Trinajstić information content (AvgIpc) is 3.58. The number of likely N-dealkylation sites (tertiary alicyclic amines) is 1. The van der Waals surface area contributed by atoms with E-state index in [2.05, 4.69) is 15.5 Å². The highest BCUT2D eigenvalue weighted by Gasteiger charge is 2.34. The second-order valence-electron chi connectivity index (χ2n) is 9.16. The number of methoxy groups -OCH3 is 2. The number of carbonyl (C=O) groups is 2. The van der Waals surface area contributed by atoms with Crippen molar-refractivity contribution >= 4 is 11.8 Å². The smallest absolute Gasteiger partial charge is 0.254 e. The number of rotatable bonds is 8. The molecule has 1 atom stereocenters. The lowest BCUT2D eigenvalue weighted by Crippen LogP contribution is -2.44. The minimum atomic E-state index is -0.318. The molecule has 1 saturated heterocycles. The summed E-state index contributed by atoms with van der Waals surface area (Å²) in [5.41, 5.74) is 0.511. The molecule has 2 aliphatic rings. The fourth-order valence-corrected chi connectivity index (χ4v) is 4.12. The van der Waals surface area contributed by atoms with E-state index < -0.39 is 0 Å². The Labute approximate surface area is 193 Å². The molecule has 1 aromatic carbocycles. The van der Waals surface area contributed by atoms with Gasteiger partial charge in [0.05, 0.1) is 14.2 Å². The van der Waals surface area contributed by atoms with Crippen molar-refractivity contribution in [1.82, 2.24) is 20.4 Å². The molecule has 2 aromatic rings. The highest BCUT2D eigenvalue weighted by Crippen LogP contribution is 2.38. The van der Waals surface area contributed by atoms with Gasteiger partial charge in [0.15, 0.2) is 5.82 Å². The molecular weight excluding hydrogens is 424 g/mol. The number of carbonyl (C=O) groups excluding carboxylic acids is 2. The summed E-state index contributed by atoms with van der Waals surface area (Å²) in [6.07, 6.45) is 3.39. The van der Waals surface area contributed by atoms with E-state index in [1.807, 2.05) is 13.8 Å². The molecule has 2 fully saturated rings. The first kappa shape index (κ1) is 23.1. The van der Waals surface area contributed by atoms with E-state index >= 15 is 0 Å². The molecular formula is C24H32N4O5. The van der Waals surface area contributed by atoms with Gasteiger partial charge in [-0.15, -0.1) is 0 Å². The molecule has 9 nitrogen and oxygen atoms in total. The fourth-order valence-electron chi connectivity index (χ4n) is 4.12. The summed E-state index contributed by atoms with van der Waals surface area (Å²) in [6.45, 7) is 5.07. The first-order chi connectivity index (χ1) is 15.9. The quantitative estimate of drug-likeness (QED) is 0.649. The molecule has 0 bridgehead atoms. The van der Waals surface area contributed by atoms with Gasteiger partial charge in [0, 0.05) is 36.6 Å². The van der Waals surface area contributed by atoms with E-state index in [0.29, 0.717) is 54.8 Å². The van der Waals surface area contributed by atoms with Crippen molar-refractivity contribution in [1.29, 1.82) is 0 Å². The molecule has 4 rings (SSSR count). The molecule has 1 saturated carbocycles. The first-order valence-corrected chi connectivity index (χ1v) is 11.6. The van der Waals surface area contributed by atoms with Gasteiger partial charge in [-0.25, -0.2) is 0 Å². The predicted molar refractivity (Wildman–Crippen MR) is 120 cm³/mol. The summed E-state index contributed by atoms with van der Waals surface area (Å²) in [7, 11) is 3.11. The number of amides is 2. The fraction of sp³-hybridized carbons (Fsp3) is 0.583. The van der Waals surface area contributed by atoms with Crippen molar-refractivity contribution in [2.24, 2.45) is 11.8 Å². The Balaban J connectivity index is 1.35. The van der Waals surface area contributed by atoms with E-state index in [9.17, 15) is 9.59 Å². The highest BCUT2D eigenvalue weighted by atomic mass is 16.5. The summed E-state index contributed by atoms with van der Waals surface area (Å²) in [5, 5.41) is 7.19. The topological polar surface area (TPSA) is 107 Å². The van der Waals surface area contributed by atoms with Crippen molar-refractivity contribution in [3.63, 3.8) is 0 Å². The van der Waals surface area contributed by atoms with E-state index in [1.54, 1.807) is 37.3 Å². The number of piperidine rings is 1. The summed E-state index contributed by atoms with van der Waals surface area (Å²) in [5.74, 6) is 2.57. The van der Waals surface area contributed by atoms with Gasteiger partial charge < -0.3 is 24.2 Å². The Morgan fingerprint density at radius 1 is 1.06 bits per heavy atom. The van der Waals surface area contributed by atoms with Crippen molar-refractivity contribution < 1.29 is 23.6 Å². The second kappa shape index (κ2) is 9.80. The van der Waals surface area contributed by atoms with Crippen molar-refractivity contribution in [2.75, 3.05) is 27.3 Å². The zero-order chi connectivity index (χ0) is 23.5. The normalized spacial score (nSPS) is 17.7. The van der Waals surface area contributed by atoms with Gasteiger partial charge in [0.1, 0.15) is 17.5 Å². The van der Waals surface area contributed by atoms with Crippen LogP contribution in [0.3, 0.4) is 0 Å². The average molecular weight is 457 g/mol. The molecule has 9 heteroatoms. The number of benzene rings is 1. The van der Waals surface area contributed by atoms with E-state index in [-0.39, 0.29) is 29.7 Å². The molecule has 0 radical (unpaired) electrons. The zero-order valence-corrected chi connectivity index (χ0v) is 19.7. The predicted octanol–water partition coefficient (Wildman–Crippen LogP) is 3.33. The van der Waals surface area contributed by atoms with Crippen LogP contribution in [0.1, 0.15) is 73.6 Å². The monoisotopic (exact) mass is 456 g/mol. The van der Waals surface area contributed by atoms with Crippen LogP contribution in [-0.2, 0) is 4.79 Å². The summed E-state index contributed by atoms with van der Waals surface area (Å²) < 4.78 is 16.0. The molecule has 1 N–H and O–H groups in total. The van der Waals surface area contributed by atoms with Crippen molar-refractivity contribution in [3.8, 4) is 11.5 Å². The van der Waals surface area contributed by atoms with Crippen LogP contribution in [0.4, 0.5) is 0 Å². The Morgan fingerprint density at radius 2 is 1.70 bits per heavy atom. The lowest BCUT2D eigenvalue weighted by atomic mass is 9.94. The SMILES string of the molecule is COc1cc(OC)cc(C(=O)N2CCC(C(=O)NC(c3nc(C4CC4)no3)C(C)C)CC2)c1. The van der Waals surface area contributed by atoms with Gasteiger partial charge >= 0.3 is 0 Å². The molecule has 1 aliphatic carbocycles. The van der Waals surface area contributed by atoms with Gasteiger partial charge in [-0.3, -0.25) is 9.59 Å². The number of aromatic nitrogens is 2. The Morgan fingerprint density at radius 3 is 2.24 bits per heavy atom. The third kappa shape index (κ3) is 5.29. The third-order valence-electron chi connectivity index (χ3n) is 6.38. The van der Waals surface area contributed by atoms with Crippen LogP contribution in [-0.4, -0.2) is 54.2 Å². The molecule has 2 amide bonds. The minimum Gasteiger partial charge on any atom is -0.497 e. The molecule has 0 spiro atoms. The molecule has 2 heterocycles. The Bertz CT molecular complexity index is 970. The molecule has 33 heavy (non-hydrogen) atoms. The second-order valence-corrected chi connectivity index (χ2v) is 9.16. The minimum absolute atomic E-state index is 0.0324. The maximum atomic E-state index is 13.0. The summed E-state index contributed by atoms with van der Waals surface area (Å²) in [4.78, 5) is 32.3. The maximum absolute atomic E-state index is 13.0. The molecule has 178 valence electrons. The lowest BCUT2D eigenvalue weighted by molar-refractivity contribution is -0.127. The van der Waals surface area contributed by atoms with Crippen molar-refractivity contribution in [3.05, 3.63) is 35.5 Å². The van der Waals surface area contributed by atoms with Crippen molar-refractivity contribution in [2.45, 2.75) is 51.5 Å². The van der Waals surface area contributed by atoms with Crippen LogP contribution in [0, 0.1) is 11.8 Å². The molecule has 1 aromatic heterocycles.